The number of nitrogens with one attached hydrogen (secondary N) is 1. The second kappa shape index (κ2) is 10.6. The topological polar surface area (TPSA) is 108 Å². The van der Waals surface area contributed by atoms with E-state index in [0.717, 1.165) is 0 Å². The highest BCUT2D eigenvalue weighted by Gasteiger charge is 2.27. The summed E-state index contributed by atoms with van der Waals surface area (Å²) in [6.07, 6.45) is -0.185. The molecule has 0 radical (unpaired) electrons. The zero-order valence-electron chi connectivity index (χ0n) is 17.5. The van der Waals surface area contributed by atoms with Crippen LogP contribution in [0, 0.1) is 0 Å². The van der Waals surface area contributed by atoms with Gasteiger partial charge in [-0.2, -0.15) is 0 Å². The first kappa shape index (κ1) is 23.0. The number of halogens is 1. The fraction of sp³-hybridized carbons (Fsp3) is 0.217. The number of ether oxygens (including phenoxy) is 2. The number of para-hydroxylation sites is 1. The van der Waals surface area contributed by atoms with E-state index in [1.54, 1.807) is 55.5 Å². The van der Waals surface area contributed by atoms with Crippen LogP contribution in [0.5, 0.6) is 5.75 Å². The third-order valence-electron chi connectivity index (χ3n) is 4.53. The van der Waals surface area contributed by atoms with Crippen LogP contribution in [0.25, 0.3) is 11.3 Å². The van der Waals surface area contributed by atoms with Crippen LogP contribution in [-0.2, 0) is 9.53 Å². The van der Waals surface area contributed by atoms with Crippen LogP contribution in [0.4, 0.5) is 5.88 Å². The van der Waals surface area contributed by atoms with Crippen LogP contribution in [0.2, 0.25) is 5.02 Å². The normalized spacial score (nSPS) is 10.5. The van der Waals surface area contributed by atoms with Crippen molar-refractivity contribution >= 4 is 35.1 Å². The number of carbonyl (C=O) groups is 3. The van der Waals surface area contributed by atoms with Crippen molar-refractivity contribution < 1.29 is 28.4 Å². The minimum absolute atomic E-state index is 0.0152. The Morgan fingerprint density at radius 2 is 1.78 bits per heavy atom. The summed E-state index contributed by atoms with van der Waals surface area (Å²) in [5.41, 5.74) is 1.15. The summed E-state index contributed by atoms with van der Waals surface area (Å²) in [6.45, 7) is 1.79. The Bertz CT molecular complexity index is 1120. The van der Waals surface area contributed by atoms with E-state index in [2.05, 4.69) is 10.5 Å². The van der Waals surface area contributed by atoms with Gasteiger partial charge >= 0.3 is 5.97 Å². The fourth-order valence-corrected chi connectivity index (χ4v) is 3.12. The molecule has 32 heavy (non-hydrogen) atoms. The van der Waals surface area contributed by atoms with E-state index >= 15 is 0 Å². The predicted molar refractivity (Wildman–Crippen MR) is 118 cm³/mol. The van der Waals surface area contributed by atoms with Gasteiger partial charge in [0.2, 0.25) is 11.8 Å². The van der Waals surface area contributed by atoms with Crippen LogP contribution in [0.3, 0.4) is 0 Å². The monoisotopic (exact) mass is 456 g/mol. The van der Waals surface area contributed by atoms with Gasteiger partial charge in [0.15, 0.2) is 11.3 Å². The van der Waals surface area contributed by atoms with Crippen molar-refractivity contribution in [2.75, 3.05) is 19.0 Å². The minimum Gasteiger partial charge on any atom is -0.496 e. The highest BCUT2D eigenvalue weighted by atomic mass is 35.5. The van der Waals surface area contributed by atoms with Gasteiger partial charge in [-0.25, -0.2) is 4.79 Å². The van der Waals surface area contributed by atoms with Crippen molar-refractivity contribution in [3.8, 4) is 17.0 Å². The quantitative estimate of drug-likeness (QED) is 0.364. The summed E-state index contributed by atoms with van der Waals surface area (Å²) in [7, 11) is 1.47. The molecule has 2 aromatic carbocycles. The maximum atomic E-state index is 12.5. The number of methoxy groups -OCH3 is 1. The number of esters is 1. The second-order valence-electron chi connectivity index (χ2n) is 6.63. The first-order valence-corrected chi connectivity index (χ1v) is 10.2. The molecule has 3 aromatic rings. The molecule has 0 saturated carbocycles. The van der Waals surface area contributed by atoms with Gasteiger partial charge < -0.3 is 14.0 Å². The number of hydrogen-bond acceptors (Lipinski definition) is 7. The number of rotatable bonds is 9. The van der Waals surface area contributed by atoms with Crippen molar-refractivity contribution in [1.29, 1.82) is 0 Å². The number of ketones is 1. The van der Waals surface area contributed by atoms with Crippen LogP contribution in [0.1, 0.15) is 40.5 Å². The van der Waals surface area contributed by atoms with Crippen molar-refractivity contribution in [3.05, 3.63) is 64.7 Å². The first-order chi connectivity index (χ1) is 15.4. The van der Waals surface area contributed by atoms with Crippen LogP contribution in [-0.4, -0.2) is 36.5 Å². The standard InChI is InChI=1S/C23H21ClN2O6/c1-3-31-23(29)20-21(14-8-10-15(24)11-9-14)26-32-22(20)25-19(28)13-12-17(27)16-6-4-5-7-18(16)30-2/h4-11H,3,12-13H2,1-2H3,(H,25,28). The number of hydrogen-bond donors (Lipinski definition) is 1. The van der Waals surface area contributed by atoms with Crippen molar-refractivity contribution in [2.45, 2.75) is 19.8 Å². The summed E-state index contributed by atoms with van der Waals surface area (Å²) in [5, 5.41) is 6.95. The Labute approximate surface area is 189 Å². The highest BCUT2D eigenvalue weighted by Crippen LogP contribution is 2.30. The number of benzene rings is 2. The summed E-state index contributed by atoms with van der Waals surface area (Å²) < 4.78 is 15.5. The number of Topliss-reactive ketones (excluding diaryl/α,β-unsaturated/α-hetero) is 1. The molecule has 1 heterocycles. The van der Waals surface area contributed by atoms with Crippen LogP contribution in [0.15, 0.2) is 53.1 Å². The van der Waals surface area contributed by atoms with Gasteiger partial charge in [-0.05, 0) is 31.2 Å². The van der Waals surface area contributed by atoms with E-state index in [-0.39, 0.29) is 42.4 Å². The highest BCUT2D eigenvalue weighted by molar-refractivity contribution is 6.30. The molecule has 1 aromatic heterocycles. The Morgan fingerprint density at radius 1 is 1.06 bits per heavy atom. The zero-order chi connectivity index (χ0) is 23.1. The van der Waals surface area contributed by atoms with E-state index in [9.17, 15) is 14.4 Å². The molecule has 0 unspecified atom stereocenters. The van der Waals surface area contributed by atoms with E-state index in [0.29, 0.717) is 21.9 Å². The molecular formula is C23H21ClN2O6. The van der Waals surface area contributed by atoms with Crippen LogP contribution >= 0.6 is 11.6 Å². The Hall–Kier alpha value is -3.65. The smallest absolute Gasteiger partial charge is 0.346 e. The summed E-state index contributed by atoms with van der Waals surface area (Å²) in [5.74, 6) is -1.17. The summed E-state index contributed by atoms with van der Waals surface area (Å²) in [4.78, 5) is 37.5. The third kappa shape index (κ3) is 5.33. The molecule has 166 valence electrons. The largest absolute Gasteiger partial charge is 0.496 e. The molecule has 1 N–H and O–H groups in total. The lowest BCUT2D eigenvalue weighted by atomic mass is 10.1. The molecule has 9 heteroatoms. The molecule has 0 spiro atoms. The van der Waals surface area contributed by atoms with Crippen molar-refractivity contribution in [3.63, 3.8) is 0 Å². The molecule has 8 nitrogen and oxygen atoms in total. The molecule has 0 atom stereocenters. The molecule has 0 aliphatic rings. The minimum atomic E-state index is -0.695. The van der Waals surface area contributed by atoms with E-state index in [1.165, 1.54) is 7.11 Å². The number of carbonyl (C=O) groups excluding carboxylic acids is 3. The maximum Gasteiger partial charge on any atom is 0.346 e. The average molecular weight is 457 g/mol. The van der Waals surface area contributed by atoms with E-state index in [1.807, 2.05) is 0 Å². The molecule has 0 aliphatic heterocycles. The lowest BCUT2D eigenvalue weighted by Crippen LogP contribution is -2.16. The maximum absolute atomic E-state index is 12.5. The van der Waals surface area contributed by atoms with Crippen LogP contribution < -0.4 is 10.1 Å². The average Bonchev–Trinajstić information content (AvgIpc) is 3.21. The summed E-state index contributed by atoms with van der Waals surface area (Å²) >= 11 is 5.92. The number of amides is 1. The fourth-order valence-electron chi connectivity index (χ4n) is 3.00. The molecule has 0 saturated heterocycles. The Balaban J connectivity index is 1.76. The molecule has 3 rings (SSSR count). The van der Waals surface area contributed by atoms with Crippen molar-refractivity contribution in [2.24, 2.45) is 0 Å². The Morgan fingerprint density at radius 3 is 2.47 bits per heavy atom. The number of anilines is 1. The van der Waals surface area contributed by atoms with Gasteiger partial charge in [0.05, 0.1) is 19.3 Å². The molecule has 0 fully saturated rings. The van der Waals surface area contributed by atoms with Gasteiger partial charge in [-0.1, -0.05) is 41.0 Å². The summed E-state index contributed by atoms with van der Waals surface area (Å²) in [6, 6.07) is 13.4. The molecule has 0 aliphatic carbocycles. The molecular weight excluding hydrogens is 436 g/mol. The van der Waals surface area contributed by atoms with Crippen molar-refractivity contribution in [1.82, 2.24) is 5.16 Å². The second-order valence-corrected chi connectivity index (χ2v) is 7.07. The first-order valence-electron chi connectivity index (χ1n) is 9.83. The number of aromatic nitrogens is 1. The third-order valence-corrected chi connectivity index (χ3v) is 4.78. The van der Waals surface area contributed by atoms with Gasteiger partial charge in [-0.15, -0.1) is 0 Å². The molecule has 0 bridgehead atoms. The SMILES string of the molecule is CCOC(=O)c1c(-c2ccc(Cl)cc2)noc1NC(=O)CCC(=O)c1ccccc1OC. The zero-order valence-corrected chi connectivity index (χ0v) is 18.3. The van der Waals surface area contributed by atoms with Gasteiger partial charge in [-0.3, -0.25) is 14.9 Å². The van der Waals surface area contributed by atoms with Gasteiger partial charge in [0.25, 0.3) is 0 Å². The molecule has 1 amide bonds. The number of nitrogens with zero attached hydrogens (tertiary/aromatic N) is 1. The van der Waals surface area contributed by atoms with Gasteiger partial charge in [0.1, 0.15) is 11.4 Å². The lowest BCUT2D eigenvalue weighted by Gasteiger charge is -2.08. The van der Waals surface area contributed by atoms with E-state index < -0.39 is 11.9 Å². The predicted octanol–water partition coefficient (Wildman–Crippen LogP) is 4.78. The lowest BCUT2D eigenvalue weighted by molar-refractivity contribution is -0.116. The van der Waals surface area contributed by atoms with Gasteiger partial charge in [0, 0.05) is 23.4 Å². The van der Waals surface area contributed by atoms with E-state index in [4.69, 9.17) is 25.6 Å². The Kier molecular flexibility index (Phi) is 7.62.